The summed E-state index contributed by atoms with van der Waals surface area (Å²) in [6, 6.07) is 2.61. The molecule has 0 fully saturated rings. The molecule has 0 aliphatic rings. The Hall–Kier alpha value is -2.91. The lowest BCUT2D eigenvalue weighted by Crippen LogP contribution is -2.17. The number of nitrogen functional groups attached to an aromatic ring is 1. The first-order valence-corrected chi connectivity index (χ1v) is 6.41. The quantitative estimate of drug-likeness (QED) is 0.789. The summed E-state index contributed by atoms with van der Waals surface area (Å²) < 4.78 is 44.7. The summed E-state index contributed by atoms with van der Waals surface area (Å²) in [5.41, 5.74) is 8.79. The summed E-state index contributed by atoms with van der Waals surface area (Å²) >= 11 is 0. The molecule has 0 unspecified atom stereocenters. The number of fused-ring (bicyclic) bond motifs is 1. The maximum Gasteiger partial charge on any atom is 0.573 e. The second-order valence-corrected chi connectivity index (χ2v) is 4.74. The third-order valence-electron chi connectivity index (χ3n) is 3.15. The summed E-state index contributed by atoms with van der Waals surface area (Å²) in [5, 5.41) is 7.30. The molecule has 0 saturated heterocycles. The van der Waals surface area contributed by atoms with E-state index in [9.17, 15) is 13.2 Å². The number of hydrogen-bond donors (Lipinski definition) is 1. The lowest BCUT2D eigenvalue weighted by molar-refractivity contribution is -0.274. The number of ether oxygens (including phenoxy) is 1. The van der Waals surface area contributed by atoms with Crippen molar-refractivity contribution in [2.75, 3.05) is 5.73 Å². The van der Waals surface area contributed by atoms with Gasteiger partial charge in [0.2, 0.25) is 5.65 Å². The molecule has 0 amide bonds. The molecule has 120 valence electrons. The molecular weight excluding hydrogens is 315 g/mol. The molecule has 3 rings (SSSR count). The highest BCUT2D eigenvalue weighted by atomic mass is 19.4. The molecular formula is C13H10F3N5O2. The fourth-order valence-electron chi connectivity index (χ4n) is 2.10. The zero-order valence-electron chi connectivity index (χ0n) is 11.8. The van der Waals surface area contributed by atoms with Crippen LogP contribution in [0.3, 0.4) is 0 Å². The summed E-state index contributed by atoms with van der Waals surface area (Å²) in [6.45, 7) is 1.74. The lowest BCUT2D eigenvalue weighted by Gasteiger charge is -2.10. The van der Waals surface area contributed by atoms with Crippen molar-refractivity contribution in [1.82, 2.24) is 20.3 Å². The van der Waals surface area contributed by atoms with E-state index in [1.54, 1.807) is 6.92 Å². The first kappa shape index (κ1) is 15.0. The predicted octanol–water partition coefficient (Wildman–Crippen LogP) is 2.39. The van der Waals surface area contributed by atoms with Gasteiger partial charge in [0.05, 0.1) is 11.9 Å². The number of hydrogen-bond acceptors (Lipinski definition) is 7. The molecule has 0 bridgehead atoms. The molecule has 2 N–H and O–H groups in total. The first-order chi connectivity index (χ1) is 10.8. The zero-order valence-corrected chi connectivity index (χ0v) is 11.8. The summed E-state index contributed by atoms with van der Waals surface area (Å²) in [4.78, 5) is 8.15. The van der Waals surface area contributed by atoms with Crippen molar-refractivity contribution in [3.63, 3.8) is 0 Å². The number of aromatic nitrogens is 4. The van der Waals surface area contributed by atoms with Crippen molar-refractivity contribution in [2.24, 2.45) is 0 Å². The van der Waals surface area contributed by atoms with E-state index >= 15 is 0 Å². The smallest absolute Gasteiger partial charge is 0.404 e. The van der Waals surface area contributed by atoms with Crippen LogP contribution >= 0.6 is 0 Å². The second kappa shape index (κ2) is 5.38. The highest BCUT2D eigenvalue weighted by Gasteiger charge is 2.31. The average Bonchev–Trinajstić information content (AvgIpc) is 2.92. The normalized spacial score (nSPS) is 11.8. The van der Waals surface area contributed by atoms with Crippen LogP contribution in [0, 0.1) is 6.92 Å². The van der Waals surface area contributed by atoms with Gasteiger partial charge >= 0.3 is 6.36 Å². The number of nitrogens with two attached hydrogens (primary N) is 1. The van der Waals surface area contributed by atoms with E-state index in [-0.39, 0.29) is 12.2 Å². The number of pyridine rings is 2. The molecule has 0 radical (unpaired) electrons. The van der Waals surface area contributed by atoms with Crippen LogP contribution in [0.5, 0.6) is 5.75 Å². The number of aryl methyl sites for hydroxylation is 1. The monoisotopic (exact) mass is 325 g/mol. The van der Waals surface area contributed by atoms with Crippen molar-refractivity contribution >= 4 is 16.9 Å². The molecule has 0 spiro atoms. The number of rotatable bonds is 3. The maximum atomic E-state index is 12.1. The van der Waals surface area contributed by atoms with Gasteiger partial charge in [0, 0.05) is 23.4 Å². The third kappa shape index (κ3) is 3.15. The molecule has 0 aliphatic carbocycles. The van der Waals surface area contributed by atoms with Gasteiger partial charge in [-0.25, -0.2) is 9.61 Å². The van der Waals surface area contributed by atoms with E-state index < -0.39 is 6.36 Å². The molecule has 0 saturated carbocycles. The number of nitrogens with zero attached hydrogens (tertiary/aromatic N) is 4. The predicted molar refractivity (Wildman–Crippen MR) is 72.5 cm³/mol. The summed E-state index contributed by atoms with van der Waals surface area (Å²) in [7, 11) is 0. The topological polar surface area (TPSA) is 100.0 Å². The van der Waals surface area contributed by atoms with Gasteiger partial charge in [-0.05, 0) is 29.4 Å². The van der Waals surface area contributed by atoms with Crippen molar-refractivity contribution in [3.8, 4) is 5.75 Å². The van der Waals surface area contributed by atoms with Crippen LogP contribution in [-0.4, -0.2) is 26.6 Å². The highest BCUT2D eigenvalue weighted by molar-refractivity contribution is 5.85. The molecule has 0 atom stereocenters. The van der Waals surface area contributed by atoms with E-state index in [4.69, 9.17) is 5.73 Å². The molecule has 3 aromatic heterocycles. The second-order valence-electron chi connectivity index (χ2n) is 4.74. The van der Waals surface area contributed by atoms with Gasteiger partial charge in [0.25, 0.3) is 0 Å². The number of anilines is 1. The largest absolute Gasteiger partial charge is 0.573 e. The van der Waals surface area contributed by atoms with E-state index in [1.165, 1.54) is 12.1 Å². The Labute approximate surface area is 127 Å². The fraction of sp³-hybridized carbons (Fsp3) is 0.231. The van der Waals surface area contributed by atoms with Crippen LogP contribution < -0.4 is 10.5 Å². The minimum Gasteiger partial charge on any atom is -0.404 e. The Morgan fingerprint density at radius 2 is 2.04 bits per heavy atom. The summed E-state index contributed by atoms with van der Waals surface area (Å²) in [5.74, 6) is -0.389. The van der Waals surface area contributed by atoms with Gasteiger partial charge in [0.1, 0.15) is 5.75 Å². The van der Waals surface area contributed by atoms with Crippen molar-refractivity contribution in [3.05, 3.63) is 35.3 Å². The van der Waals surface area contributed by atoms with Gasteiger partial charge in [0.15, 0.2) is 5.52 Å². The minimum absolute atomic E-state index is 0.278. The molecule has 0 aromatic carbocycles. The number of halogens is 3. The van der Waals surface area contributed by atoms with E-state index in [2.05, 4.69) is 29.6 Å². The Morgan fingerprint density at radius 1 is 1.26 bits per heavy atom. The highest BCUT2D eigenvalue weighted by Crippen LogP contribution is 2.26. The molecule has 10 heteroatoms. The SMILES string of the molecule is Cc1nc2nonc2c(N)c1Cc1ccc(OC(F)(F)F)cn1. The average molecular weight is 325 g/mol. The molecule has 7 nitrogen and oxygen atoms in total. The van der Waals surface area contributed by atoms with E-state index in [0.29, 0.717) is 33.8 Å². The van der Waals surface area contributed by atoms with Crippen LogP contribution in [-0.2, 0) is 6.42 Å². The fourth-order valence-corrected chi connectivity index (χ4v) is 2.10. The van der Waals surface area contributed by atoms with Crippen LogP contribution in [0.1, 0.15) is 17.0 Å². The molecule has 23 heavy (non-hydrogen) atoms. The summed E-state index contributed by atoms with van der Waals surface area (Å²) in [6.07, 6.45) is -3.48. The Kier molecular flexibility index (Phi) is 3.51. The van der Waals surface area contributed by atoms with Crippen molar-refractivity contribution < 1.29 is 22.5 Å². The van der Waals surface area contributed by atoms with Crippen LogP contribution in [0.2, 0.25) is 0 Å². The number of alkyl halides is 3. The molecule has 0 aliphatic heterocycles. The van der Waals surface area contributed by atoms with Gasteiger partial charge in [-0.2, -0.15) is 0 Å². The third-order valence-corrected chi connectivity index (χ3v) is 3.15. The van der Waals surface area contributed by atoms with Crippen LogP contribution in [0.25, 0.3) is 11.2 Å². The van der Waals surface area contributed by atoms with Crippen LogP contribution in [0.15, 0.2) is 23.0 Å². The zero-order chi connectivity index (χ0) is 16.6. The minimum atomic E-state index is -4.75. The molecule has 3 aromatic rings. The first-order valence-electron chi connectivity index (χ1n) is 6.41. The van der Waals surface area contributed by atoms with Crippen LogP contribution in [0.4, 0.5) is 18.9 Å². The van der Waals surface area contributed by atoms with Gasteiger partial charge in [-0.3, -0.25) is 4.98 Å². The molecule has 3 heterocycles. The van der Waals surface area contributed by atoms with Gasteiger partial charge in [-0.1, -0.05) is 0 Å². The van der Waals surface area contributed by atoms with E-state index in [1.807, 2.05) is 0 Å². The van der Waals surface area contributed by atoms with E-state index in [0.717, 1.165) is 6.20 Å². The van der Waals surface area contributed by atoms with Crippen molar-refractivity contribution in [2.45, 2.75) is 19.7 Å². The Balaban J connectivity index is 1.87. The van der Waals surface area contributed by atoms with Gasteiger partial charge in [-0.15, -0.1) is 13.2 Å². The Morgan fingerprint density at radius 3 is 2.70 bits per heavy atom. The standard InChI is InChI=1S/C13H10F3N5O2/c1-6-9(10(17)11-12(19-6)21-23-20-11)4-7-2-3-8(5-18-7)22-13(14,15)16/h2-3,5H,4,17H2,1H3. The maximum absolute atomic E-state index is 12.1. The lowest BCUT2D eigenvalue weighted by atomic mass is 10.1. The van der Waals surface area contributed by atoms with Crippen molar-refractivity contribution in [1.29, 1.82) is 0 Å². The van der Waals surface area contributed by atoms with Gasteiger partial charge < -0.3 is 10.5 Å². The Bertz CT molecular complexity index is 845.